The van der Waals surface area contributed by atoms with Gasteiger partial charge in [0.25, 0.3) is 5.91 Å². The van der Waals surface area contributed by atoms with Gasteiger partial charge in [0, 0.05) is 12.7 Å². The molecule has 0 saturated heterocycles. The Morgan fingerprint density at radius 3 is 2.48 bits per heavy atom. The molecule has 1 aromatic carbocycles. The quantitative estimate of drug-likeness (QED) is 0.794. The van der Waals surface area contributed by atoms with Crippen molar-refractivity contribution in [3.63, 3.8) is 0 Å². The minimum Gasteiger partial charge on any atom is -0.355 e. The van der Waals surface area contributed by atoms with Gasteiger partial charge in [0.1, 0.15) is 0 Å². The Labute approximate surface area is 135 Å². The number of amides is 2. The molecule has 1 aliphatic rings. The average molecular weight is 332 g/mol. The van der Waals surface area contributed by atoms with Crippen molar-refractivity contribution in [3.8, 4) is 0 Å². The Morgan fingerprint density at radius 2 is 1.90 bits per heavy atom. The third-order valence-electron chi connectivity index (χ3n) is 3.64. The summed E-state index contributed by atoms with van der Waals surface area (Å²) < 4.78 is 0. The van der Waals surface area contributed by atoms with Crippen LogP contribution in [0.25, 0.3) is 0 Å². The highest BCUT2D eigenvalue weighted by Crippen LogP contribution is 2.29. The second kappa shape index (κ2) is 7.11. The molecule has 1 fully saturated rings. The highest BCUT2D eigenvalue weighted by atomic mass is 35.5. The second-order valence-electron chi connectivity index (χ2n) is 5.09. The number of hydrogen-bond acceptors (Lipinski definition) is 3. The summed E-state index contributed by atoms with van der Waals surface area (Å²) in [5, 5.41) is 5.61. The molecule has 0 bridgehead atoms. The number of carbonyl (C=O) groups is 2. The van der Waals surface area contributed by atoms with Crippen molar-refractivity contribution in [2.75, 3.05) is 12.4 Å². The zero-order valence-corrected chi connectivity index (χ0v) is 13.3. The van der Waals surface area contributed by atoms with Gasteiger partial charge in [-0.25, -0.2) is 0 Å². The van der Waals surface area contributed by atoms with Crippen molar-refractivity contribution in [1.29, 1.82) is 0 Å². The van der Waals surface area contributed by atoms with Gasteiger partial charge in [-0.3, -0.25) is 9.59 Å². The molecular weight excluding hydrogens is 313 g/mol. The Bertz CT molecular complexity index is 543. The number of carbonyl (C=O) groups excluding carboxylic acids is 2. The van der Waals surface area contributed by atoms with Crippen molar-refractivity contribution in [1.82, 2.24) is 5.32 Å². The number of anilines is 1. The molecule has 1 aromatic rings. The minimum atomic E-state index is -0.799. The SMILES string of the molecule is CNC(=O)c1cc(NC(=O)C2(N)CCCC2)ccc1Cl.Cl. The number of nitrogens with two attached hydrogens (primary N) is 1. The van der Waals surface area contributed by atoms with Crippen molar-refractivity contribution in [2.24, 2.45) is 5.73 Å². The van der Waals surface area contributed by atoms with Gasteiger partial charge in [0.15, 0.2) is 0 Å². The lowest BCUT2D eigenvalue weighted by Gasteiger charge is -2.22. The maximum atomic E-state index is 12.2. The lowest BCUT2D eigenvalue weighted by molar-refractivity contribution is -0.121. The Kier molecular flexibility index (Phi) is 6.01. The minimum absolute atomic E-state index is 0. The van der Waals surface area contributed by atoms with E-state index < -0.39 is 5.54 Å². The molecule has 1 saturated carbocycles. The molecule has 0 radical (unpaired) electrons. The van der Waals surface area contributed by atoms with Crippen LogP contribution in [0, 0.1) is 0 Å². The van der Waals surface area contributed by atoms with Gasteiger partial charge in [0.05, 0.1) is 16.1 Å². The van der Waals surface area contributed by atoms with Crippen LogP contribution in [0.3, 0.4) is 0 Å². The maximum absolute atomic E-state index is 12.2. The Hall–Kier alpha value is -1.30. The van der Waals surface area contributed by atoms with E-state index >= 15 is 0 Å². The summed E-state index contributed by atoms with van der Waals surface area (Å²) in [5.74, 6) is -0.505. The zero-order chi connectivity index (χ0) is 14.8. The van der Waals surface area contributed by atoms with Gasteiger partial charge in [-0.2, -0.15) is 0 Å². The van der Waals surface area contributed by atoms with E-state index in [2.05, 4.69) is 10.6 Å². The summed E-state index contributed by atoms with van der Waals surface area (Å²) in [6, 6.07) is 4.79. The van der Waals surface area contributed by atoms with E-state index in [1.807, 2.05) is 0 Å². The zero-order valence-electron chi connectivity index (χ0n) is 11.7. The van der Waals surface area contributed by atoms with E-state index in [1.165, 1.54) is 7.05 Å². The van der Waals surface area contributed by atoms with Gasteiger partial charge >= 0.3 is 0 Å². The molecule has 0 aliphatic heterocycles. The van der Waals surface area contributed by atoms with Crippen LogP contribution in [-0.2, 0) is 4.79 Å². The van der Waals surface area contributed by atoms with Crippen LogP contribution in [0.1, 0.15) is 36.0 Å². The average Bonchev–Trinajstić information content (AvgIpc) is 2.88. The second-order valence-corrected chi connectivity index (χ2v) is 5.50. The van der Waals surface area contributed by atoms with Gasteiger partial charge < -0.3 is 16.4 Å². The standard InChI is InChI=1S/C14H18ClN3O2.ClH/c1-17-12(19)10-8-9(4-5-11(10)15)18-13(20)14(16)6-2-3-7-14;/h4-5,8H,2-3,6-7,16H2,1H3,(H,17,19)(H,18,20);1H. The summed E-state index contributed by atoms with van der Waals surface area (Å²) in [7, 11) is 1.53. The third-order valence-corrected chi connectivity index (χ3v) is 3.97. The first-order valence-corrected chi connectivity index (χ1v) is 6.96. The summed E-state index contributed by atoms with van der Waals surface area (Å²) in [6.45, 7) is 0. The molecule has 4 N–H and O–H groups in total. The van der Waals surface area contributed by atoms with E-state index in [0.717, 1.165) is 12.8 Å². The number of benzene rings is 1. The molecule has 21 heavy (non-hydrogen) atoms. The van der Waals surface area contributed by atoms with E-state index in [-0.39, 0.29) is 24.2 Å². The highest BCUT2D eigenvalue weighted by molar-refractivity contribution is 6.34. The normalized spacial score (nSPS) is 16.0. The van der Waals surface area contributed by atoms with Crippen molar-refractivity contribution in [2.45, 2.75) is 31.2 Å². The fourth-order valence-corrected chi connectivity index (χ4v) is 2.60. The fraction of sp³-hybridized carbons (Fsp3) is 0.429. The molecule has 1 aliphatic carbocycles. The first-order valence-electron chi connectivity index (χ1n) is 6.58. The predicted octanol–water partition coefficient (Wildman–Crippen LogP) is 2.33. The van der Waals surface area contributed by atoms with Crippen LogP contribution in [0.5, 0.6) is 0 Å². The first-order chi connectivity index (χ1) is 9.46. The van der Waals surface area contributed by atoms with E-state index in [9.17, 15) is 9.59 Å². The molecule has 5 nitrogen and oxygen atoms in total. The molecule has 0 heterocycles. The molecule has 2 rings (SSSR count). The Morgan fingerprint density at radius 1 is 1.29 bits per heavy atom. The molecule has 0 atom stereocenters. The molecule has 0 spiro atoms. The van der Waals surface area contributed by atoms with E-state index in [1.54, 1.807) is 18.2 Å². The van der Waals surface area contributed by atoms with Crippen LogP contribution in [-0.4, -0.2) is 24.4 Å². The monoisotopic (exact) mass is 331 g/mol. The topological polar surface area (TPSA) is 84.2 Å². The predicted molar refractivity (Wildman–Crippen MR) is 86.1 cm³/mol. The molecular formula is C14H19Cl2N3O2. The molecule has 0 aromatic heterocycles. The van der Waals surface area contributed by atoms with E-state index in [0.29, 0.717) is 29.1 Å². The van der Waals surface area contributed by atoms with Crippen molar-refractivity contribution < 1.29 is 9.59 Å². The van der Waals surface area contributed by atoms with Gasteiger partial charge in [-0.15, -0.1) is 12.4 Å². The molecule has 0 unspecified atom stereocenters. The smallest absolute Gasteiger partial charge is 0.252 e. The number of hydrogen-bond donors (Lipinski definition) is 3. The molecule has 7 heteroatoms. The van der Waals surface area contributed by atoms with Crippen molar-refractivity contribution >= 4 is 41.5 Å². The molecule has 2 amide bonds. The molecule has 116 valence electrons. The summed E-state index contributed by atoms with van der Waals surface area (Å²) in [4.78, 5) is 23.9. The van der Waals surface area contributed by atoms with Crippen LogP contribution >= 0.6 is 24.0 Å². The van der Waals surface area contributed by atoms with Gasteiger partial charge in [-0.1, -0.05) is 24.4 Å². The van der Waals surface area contributed by atoms with Crippen molar-refractivity contribution in [3.05, 3.63) is 28.8 Å². The summed E-state index contributed by atoms with van der Waals surface area (Å²) in [6.07, 6.45) is 3.31. The van der Waals surface area contributed by atoms with Gasteiger partial charge in [-0.05, 0) is 31.0 Å². The summed E-state index contributed by atoms with van der Waals surface area (Å²) >= 11 is 5.96. The largest absolute Gasteiger partial charge is 0.355 e. The number of nitrogens with one attached hydrogen (secondary N) is 2. The summed E-state index contributed by atoms with van der Waals surface area (Å²) in [5.41, 5.74) is 6.13. The lowest BCUT2D eigenvalue weighted by atomic mass is 9.98. The number of rotatable bonds is 3. The van der Waals surface area contributed by atoms with Crippen LogP contribution < -0.4 is 16.4 Å². The van der Waals surface area contributed by atoms with Gasteiger partial charge in [0.2, 0.25) is 5.91 Å². The van der Waals surface area contributed by atoms with Crippen LogP contribution in [0.2, 0.25) is 5.02 Å². The third kappa shape index (κ3) is 3.87. The van der Waals surface area contributed by atoms with Crippen LogP contribution in [0.4, 0.5) is 5.69 Å². The number of halogens is 2. The highest BCUT2D eigenvalue weighted by Gasteiger charge is 2.37. The maximum Gasteiger partial charge on any atom is 0.252 e. The van der Waals surface area contributed by atoms with Crippen LogP contribution in [0.15, 0.2) is 18.2 Å². The lowest BCUT2D eigenvalue weighted by Crippen LogP contribution is -2.48. The fourth-order valence-electron chi connectivity index (χ4n) is 2.40. The Balaban J connectivity index is 0.00000220. The van der Waals surface area contributed by atoms with E-state index in [4.69, 9.17) is 17.3 Å². The first kappa shape index (κ1) is 17.8.